The Kier molecular flexibility index (Phi) is 4.61. The zero-order valence-electron chi connectivity index (χ0n) is 11.0. The van der Waals surface area contributed by atoms with Gasteiger partial charge in [0.25, 0.3) is 0 Å². The third kappa shape index (κ3) is 3.03. The highest BCUT2D eigenvalue weighted by Gasteiger charge is 2.11. The van der Waals surface area contributed by atoms with Crippen LogP contribution in [0.2, 0.25) is 0 Å². The molecular formula is C15H20N2S. The van der Waals surface area contributed by atoms with Crippen molar-refractivity contribution in [2.45, 2.75) is 31.6 Å². The summed E-state index contributed by atoms with van der Waals surface area (Å²) in [5.74, 6) is 0.969. The Morgan fingerprint density at radius 3 is 2.94 bits per heavy atom. The zero-order chi connectivity index (χ0) is 13.0. The number of aromatic nitrogens is 1. The van der Waals surface area contributed by atoms with E-state index in [-0.39, 0.29) is 6.04 Å². The van der Waals surface area contributed by atoms with Gasteiger partial charge in [0, 0.05) is 34.8 Å². The van der Waals surface area contributed by atoms with Crippen molar-refractivity contribution in [2.24, 2.45) is 5.73 Å². The number of rotatable bonds is 5. The lowest BCUT2D eigenvalue weighted by Crippen LogP contribution is -2.15. The number of nitrogens with zero attached hydrogens (tertiary/aromatic N) is 1. The number of nitrogens with two attached hydrogens (primary N) is 1. The highest BCUT2D eigenvalue weighted by atomic mass is 32.2. The van der Waals surface area contributed by atoms with Crippen LogP contribution in [0, 0.1) is 0 Å². The van der Waals surface area contributed by atoms with E-state index in [1.165, 1.54) is 22.8 Å². The Morgan fingerprint density at radius 2 is 2.17 bits per heavy atom. The second-order valence-corrected chi connectivity index (χ2v) is 6.07. The third-order valence-electron chi connectivity index (χ3n) is 3.25. The van der Waals surface area contributed by atoms with E-state index in [0.717, 1.165) is 5.75 Å². The number of pyridine rings is 1. The Balaban J connectivity index is 2.19. The lowest BCUT2D eigenvalue weighted by Gasteiger charge is -2.16. The van der Waals surface area contributed by atoms with Crippen molar-refractivity contribution in [2.75, 3.05) is 5.75 Å². The Labute approximate surface area is 113 Å². The second kappa shape index (κ2) is 6.21. The van der Waals surface area contributed by atoms with E-state index in [1.807, 2.05) is 24.2 Å². The smallest absolute Gasteiger partial charge is 0.0393 e. The summed E-state index contributed by atoms with van der Waals surface area (Å²) in [6.07, 6.45) is 4.92. The maximum Gasteiger partial charge on any atom is 0.0393 e. The van der Waals surface area contributed by atoms with Crippen molar-refractivity contribution in [3.05, 3.63) is 42.2 Å². The first-order chi connectivity index (χ1) is 8.72. The molecule has 1 aromatic heterocycles. The number of hydrogen-bond donors (Lipinski definition) is 1. The van der Waals surface area contributed by atoms with Crippen molar-refractivity contribution in [3.8, 4) is 0 Å². The van der Waals surface area contributed by atoms with E-state index < -0.39 is 0 Å². The molecule has 3 heteroatoms. The van der Waals surface area contributed by atoms with Gasteiger partial charge in [-0.25, -0.2) is 0 Å². The molecule has 2 aromatic rings. The Morgan fingerprint density at radius 1 is 1.33 bits per heavy atom. The molecule has 2 atom stereocenters. The van der Waals surface area contributed by atoms with E-state index in [1.54, 1.807) is 0 Å². The molecule has 0 spiro atoms. The van der Waals surface area contributed by atoms with Gasteiger partial charge in [-0.3, -0.25) is 4.98 Å². The van der Waals surface area contributed by atoms with Crippen LogP contribution in [0.5, 0.6) is 0 Å². The molecule has 0 bridgehead atoms. The van der Waals surface area contributed by atoms with Gasteiger partial charge in [-0.2, -0.15) is 11.8 Å². The van der Waals surface area contributed by atoms with E-state index in [9.17, 15) is 0 Å². The van der Waals surface area contributed by atoms with E-state index in [4.69, 9.17) is 5.73 Å². The molecule has 0 saturated carbocycles. The van der Waals surface area contributed by atoms with Crippen LogP contribution < -0.4 is 5.73 Å². The number of fused-ring (bicyclic) bond motifs is 1. The normalized spacial score (nSPS) is 14.6. The van der Waals surface area contributed by atoms with Gasteiger partial charge in [-0.1, -0.05) is 32.0 Å². The van der Waals surface area contributed by atoms with Gasteiger partial charge >= 0.3 is 0 Å². The van der Waals surface area contributed by atoms with Gasteiger partial charge in [0.1, 0.15) is 0 Å². The predicted molar refractivity (Wildman–Crippen MR) is 80.9 cm³/mol. The molecular weight excluding hydrogens is 240 g/mol. The van der Waals surface area contributed by atoms with Crippen molar-refractivity contribution < 1.29 is 0 Å². The van der Waals surface area contributed by atoms with Crippen molar-refractivity contribution >= 4 is 22.5 Å². The van der Waals surface area contributed by atoms with E-state index in [0.29, 0.717) is 5.25 Å². The van der Waals surface area contributed by atoms with Crippen molar-refractivity contribution in [1.82, 2.24) is 4.98 Å². The summed E-state index contributed by atoms with van der Waals surface area (Å²) in [6.45, 7) is 4.47. The summed E-state index contributed by atoms with van der Waals surface area (Å²) in [5, 5.41) is 3.07. The van der Waals surface area contributed by atoms with Crippen LogP contribution in [0.4, 0.5) is 0 Å². The summed E-state index contributed by atoms with van der Waals surface area (Å²) >= 11 is 1.95. The average molecular weight is 260 g/mol. The molecule has 1 aromatic carbocycles. The molecule has 1 heterocycles. The number of benzene rings is 1. The zero-order valence-corrected chi connectivity index (χ0v) is 11.8. The third-order valence-corrected chi connectivity index (χ3v) is 4.70. The highest BCUT2D eigenvalue weighted by Crippen LogP contribution is 2.26. The molecule has 0 aliphatic rings. The molecule has 2 nitrogen and oxygen atoms in total. The van der Waals surface area contributed by atoms with Crippen LogP contribution >= 0.6 is 11.8 Å². The topological polar surface area (TPSA) is 38.9 Å². The van der Waals surface area contributed by atoms with Gasteiger partial charge in [0.15, 0.2) is 0 Å². The molecule has 0 radical (unpaired) electrons. The quantitative estimate of drug-likeness (QED) is 0.889. The Hall–Kier alpha value is -1.06. The monoisotopic (exact) mass is 260 g/mol. The van der Waals surface area contributed by atoms with E-state index in [2.05, 4.69) is 43.1 Å². The summed E-state index contributed by atoms with van der Waals surface area (Å²) in [6, 6.07) is 8.42. The second-order valence-electron chi connectivity index (χ2n) is 4.60. The first kappa shape index (κ1) is 13.4. The van der Waals surface area contributed by atoms with Gasteiger partial charge in [0.05, 0.1) is 0 Å². The predicted octanol–water partition coefficient (Wildman–Crippen LogP) is 3.77. The fourth-order valence-electron chi connectivity index (χ4n) is 1.95. The lowest BCUT2D eigenvalue weighted by atomic mass is 10.0. The first-order valence-electron chi connectivity index (χ1n) is 6.42. The molecule has 2 N–H and O–H groups in total. The van der Waals surface area contributed by atoms with Crippen LogP contribution in [-0.4, -0.2) is 16.0 Å². The molecule has 96 valence electrons. The van der Waals surface area contributed by atoms with Crippen molar-refractivity contribution in [1.29, 1.82) is 0 Å². The SMILES string of the molecule is CCC(C)SCC(N)c1cccc2cnccc12. The van der Waals surface area contributed by atoms with Gasteiger partial charge < -0.3 is 5.73 Å². The van der Waals surface area contributed by atoms with Crippen molar-refractivity contribution in [3.63, 3.8) is 0 Å². The Bertz CT molecular complexity index is 507. The summed E-state index contributed by atoms with van der Waals surface area (Å²) < 4.78 is 0. The summed E-state index contributed by atoms with van der Waals surface area (Å²) in [5.41, 5.74) is 7.55. The van der Waals surface area contributed by atoms with Crippen LogP contribution in [-0.2, 0) is 0 Å². The maximum absolute atomic E-state index is 6.32. The molecule has 0 fully saturated rings. The lowest BCUT2D eigenvalue weighted by molar-refractivity contribution is 0.828. The van der Waals surface area contributed by atoms with Crippen LogP contribution in [0.15, 0.2) is 36.7 Å². The minimum atomic E-state index is 0.0927. The van der Waals surface area contributed by atoms with E-state index >= 15 is 0 Å². The van der Waals surface area contributed by atoms with Crippen LogP contribution in [0.25, 0.3) is 10.8 Å². The molecule has 0 saturated heterocycles. The fourth-order valence-corrected chi connectivity index (χ4v) is 2.90. The summed E-state index contributed by atoms with van der Waals surface area (Å²) in [4.78, 5) is 4.15. The minimum absolute atomic E-state index is 0.0927. The molecule has 0 aliphatic carbocycles. The highest BCUT2D eigenvalue weighted by molar-refractivity contribution is 7.99. The number of hydrogen-bond acceptors (Lipinski definition) is 3. The number of thioether (sulfide) groups is 1. The van der Waals surface area contributed by atoms with Crippen LogP contribution in [0.1, 0.15) is 31.9 Å². The standard InChI is InChI=1S/C15H20N2S/c1-3-11(2)18-10-15(16)14-6-4-5-12-9-17-8-7-13(12)14/h4-9,11,15H,3,10,16H2,1-2H3. The van der Waals surface area contributed by atoms with Crippen LogP contribution in [0.3, 0.4) is 0 Å². The minimum Gasteiger partial charge on any atom is -0.323 e. The molecule has 2 rings (SSSR count). The van der Waals surface area contributed by atoms with Gasteiger partial charge in [0.2, 0.25) is 0 Å². The average Bonchev–Trinajstić information content (AvgIpc) is 2.43. The molecule has 0 amide bonds. The largest absolute Gasteiger partial charge is 0.323 e. The molecule has 18 heavy (non-hydrogen) atoms. The van der Waals surface area contributed by atoms with Gasteiger partial charge in [-0.05, 0) is 23.4 Å². The maximum atomic E-state index is 6.32. The molecule has 2 unspecified atom stereocenters. The van der Waals surface area contributed by atoms with Gasteiger partial charge in [-0.15, -0.1) is 0 Å². The molecule has 0 aliphatic heterocycles. The summed E-state index contributed by atoms with van der Waals surface area (Å²) in [7, 11) is 0. The first-order valence-corrected chi connectivity index (χ1v) is 7.47. The fraction of sp³-hybridized carbons (Fsp3) is 0.400.